The number of aryl methyl sites for hydroxylation is 1. The molecule has 2 aromatic heterocycles. The van der Waals surface area contributed by atoms with Crippen LogP contribution in [0.3, 0.4) is 0 Å². The van der Waals surface area contributed by atoms with Crippen LogP contribution in [0.5, 0.6) is 0 Å². The molecule has 0 amide bonds. The first-order chi connectivity index (χ1) is 8.78. The van der Waals surface area contributed by atoms with E-state index in [4.69, 9.17) is 11.6 Å². The average molecular weight is 260 g/mol. The van der Waals surface area contributed by atoms with Crippen LogP contribution in [0.25, 0.3) is 10.9 Å². The maximum Gasteiger partial charge on any atom is 0.0948 e. The average Bonchev–Trinajstić information content (AvgIpc) is 2.96. The van der Waals surface area contributed by atoms with E-state index in [-0.39, 0.29) is 0 Å². The molecular formula is C14H14ClN3. The molecule has 0 bridgehead atoms. The van der Waals surface area contributed by atoms with Crippen LogP contribution in [-0.4, -0.2) is 14.1 Å². The van der Waals surface area contributed by atoms with E-state index < -0.39 is 0 Å². The Labute approximate surface area is 111 Å². The van der Waals surface area contributed by atoms with Gasteiger partial charge in [-0.1, -0.05) is 11.6 Å². The molecule has 0 spiro atoms. The summed E-state index contributed by atoms with van der Waals surface area (Å²) in [6.07, 6.45) is 5.89. The summed E-state index contributed by atoms with van der Waals surface area (Å²) in [7, 11) is 0. The molecule has 2 heterocycles. The Balaban J connectivity index is 2.00. The summed E-state index contributed by atoms with van der Waals surface area (Å²) in [5.41, 5.74) is 2.41. The Morgan fingerprint density at radius 3 is 2.94 bits per heavy atom. The molecule has 0 radical (unpaired) electrons. The number of imidazole rings is 1. The predicted molar refractivity (Wildman–Crippen MR) is 74.0 cm³/mol. The van der Waals surface area contributed by atoms with Gasteiger partial charge in [-0.25, -0.2) is 4.98 Å². The van der Waals surface area contributed by atoms with Crippen molar-refractivity contribution in [2.75, 3.05) is 0 Å². The minimum Gasteiger partial charge on any atom is -0.341 e. The van der Waals surface area contributed by atoms with E-state index in [1.807, 2.05) is 24.7 Å². The smallest absolute Gasteiger partial charge is 0.0948 e. The monoisotopic (exact) mass is 259 g/mol. The molecule has 92 valence electrons. The van der Waals surface area contributed by atoms with Gasteiger partial charge in [0.2, 0.25) is 0 Å². The third kappa shape index (κ3) is 1.91. The molecule has 0 fully saturated rings. The number of benzene rings is 1. The molecule has 0 N–H and O–H groups in total. The number of halogens is 1. The van der Waals surface area contributed by atoms with E-state index in [1.54, 1.807) is 0 Å². The van der Waals surface area contributed by atoms with Crippen molar-refractivity contribution in [2.45, 2.75) is 20.0 Å². The van der Waals surface area contributed by atoms with Gasteiger partial charge >= 0.3 is 0 Å². The molecule has 3 nitrogen and oxygen atoms in total. The van der Waals surface area contributed by atoms with Crippen molar-refractivity contribution in [3.8, 4) is 0 Å². The van der Waals surface area contributed by atoms with E-state index >= 15 is 0 Å². The summed E-state index contributed by atoms with van der Waals surface area (Å²) in [4.78, 5) is 4.20. The van der Waals surface area contributed by atoms with Gasteiger partial charge in [-0.05, 0) is 31.2 Å². The second-order valence-electron chi connectivity index (χ2n) is 4.32. The highest BCUT2D eigenvalue weighted by atomic mass is 35.5. The summed E-state index contributed by atoms with van der Waals surface area (Å²) in [5.74, 6) is 0. The van der Waals surface area contributed by atoms with Crippen molar-refractivity contribution in [3.05, 3.63) is 53.7 Å². The molecule has 0 saturated heterocycles. The van der Waals surface area contributed by atoms with Crippen LogP contribution < -0.4 is 0 Å². The van der Waals surface area contributed by atoms with Gasteiger partial charge in [-0.2, -0.15) is 0 Å². The van der Waals surface area contributed by atoms with Crippen LogP contribution in [-0.2, 0) is 13.1 Å². The van der Waals surface area contributed by atoms with Crippen LogP contribution in [0.15, 0.2) is 43.0 Å². The topological polar surface area (TPSA) is 22.8 Å². The maximum absolute atomic E-state index is 5.99. The van der Waals surface area contributed by atoms with Gasteiger partial charge < -0.3 is 9.13 Å². The van der Waals surface area contributed by atoms with Crippen molar-refractivity contribution < 1.29 is 0 Å². The zero-order chi connectivity index (χ0) is 12.5. The van der Waals surface area contributed by atoms with Crippen molar-refractivity contribution >= 4 is 22.5 Å². The van der Waals surface area contributed by atoms with Gasteiger partial charge in [0.15, 0.2) is 0 Å². The van der Waals surface area contributed by atoms with E-state index in [2.05, 4.69) is 39.4 Å². The summed E-state index contributed by atoms with van der Waals surface area (Å²) < 4.78 is 4.37. The maximum atomic E-state index is 5.99. The fourth-order valence-corrected chi connectivity index (χ4v) is 2.43. The molecule has 3 rings (SSSR count). The number of nitrogens with zero attached hydrogens (tertiary/aromatic N) is 3. The highest BCUT2D eigenvalue weighted by Crippen LogP contribution is 2.21. The summed E-state index contributed by atoms with van der Waals surface area (Å²) >= 11 is 5.99. The second-order valence-corrected chi connectivity index (χ2v) is 4.75. The molecule has 18 heavy (non-hydrogen) atoms. The van der Waals surface area contributed by atoms with E-state index in [1.165, 1.54) is 16.6 Å². The molecule has 0 aliphatic rings. The molecule has 0 aliphatic heterocycles. The van der Waals surface area contributed by atoms with Crippen molar-refractivity contribution in [1.82, 2.24) is 14.1 Å². The molecule has 0 saturated carbocycles. The lowest BCUT2D eigenvalue weighted by Crippen LogP contribution is -2.04. The Morgan fingerprint density at radius 2 is 2.11 bits per heavy atom. The van der Waals surface area contributed by atoms with Crippen LogP contribution in [0.2, 0.25) is 5.02 Å². The van der Waals surface area contributed by atoms with Crippen LogP contribution in [0.1, 0.15) is 12.6 Å². The first kappa shape index (κ1) is 11.4. The van der Waals surface area contributed by atoms with Gasteiger partial charge in [0.1, 0.15) is 0 Å². The second kappa shape index (κ2) is 4.50. The first-order valence-corrected chi connectivity index (χ1v) is 6.39. The SMILES string of the molecule is CCn1cncc1Cn1ccc2cc(Cl)ccc21. The van der Waals surface area contributed by atoms with Crippen molar-refractivity contribution in [2.24, 2.45) is 0 Å². The minimum absolute atomic E-state index is 0.777. The van der Waals surface area contributed by atoms with Gasteiger partial charge in [0, 0.05) is 34.9 Å². The number of fused-ring (bicyclic) bond motifs is 1. The summed E-state index contributed by atoms with van der Waals surface area (Å²) in [5, 5.41) is 1.95. The Bertz CT molecular complexity index is 681. The molecule has 1 aromatic carbocycles. The summed E-state index contributed by atoms with van der Waals surface area (Å²) in [6, 6.07) is 8.07. The zero-order valence-electron chi connectivity index (χ0n) is 10.2. The lowest BCUT2D eigenvalue weighted by Gasteiger charge is -2.08. The quantitative estimate of drug-likeness (QED) is 0.705. The largest absolute Gasteiger partial charge is 0.341 e. The Hall–Kier alpha value is -1.74. The lowest BCUT2D eigenvalue weighted by molar-refractivity contribution is 0.679. The van der Waals surface area contributed by atoms with Crippen LogP contribution in [0, 0.1) is 0 Å². The van der Waals surface area contributed by atoms with E-state index in [0.717, 1.165) is 18.1 Å². The highest BCUT2D eigenvalue weighted by molar-refractivity contribution is 6.31. The fourth-order valence-electron chi connectivity index (χ4n) is 2.25. The zero-order valence-corrected chi connectivity index (χ0v) is 10.9. The van der Waals surface area contributed by atoms with Crippen molar-refractivity contribution in [1.29, 1.82) is 0 Å². The molecular weight excluding hydrogens is 246 g/mol. The van der Waals surface area contributed by atoms with Gasteiger partial charge in [0.25, 0.3) is 0 Å². The van der Waals surface area contributed by atoms with E-state index in [0.29, 0.717) is 0 Å². The van der Waals surface area contributed by atoms with Crippen LogP contribution >= 0.6 is 11.6 Å². The third-order valence-corrected chi connectivity index (χ3v) is 3.44. The summed E-state index contributed by atoms with van der Waals surface area (Å²) in [6.45, 7) is 3.90. The fraction of sp³-hybridized carbons (Fsp3) is 0.214. The number of hydrogen-bond acceptors (Lipinski definition) is 1. The van der Waals surface area contributed by atoms with Crippen molar-refractivity contribution in [3.63, 3.8) is 0 Å². The Morgan fingerprint density at radius 1 is 1.22 bits per heavy atom. The van der Waals surface area contributed by atoms with Gasteiger partial charge in [0.05, 0.1) is 18.6 Å². The lowest BCUT2D eigenvalue weighted by atomic mass is 10.2. The number of rotatable bonds is 3. The standard InChI is InChI=1S/C14H14ClN3/c1-2-17-10-16-8-13(17)9-18-6-5-11-7-12(15)3-4-14(11)18/h3-8,10H,2,9H2,1H3. The number of hydrogen-bond donors (Lipinski definition) is 0. The minimum atomic E-state index is 0.777. The predicted octanol–water partition coefficient (Wildman–Crippen LogP) is 3.56. The molecule has 0 unspecified atom stereocenters. The third-order valence-electron chi connectivity index (χ3n) is 3.20. The molecule has 0 atom stereocenters. The number of aromatic nitrogens is 3. The van der Waals surface area contributed by atoms with Crippen LogP contribution in [0.4, 0.5) is 0 Å². The highest BCUT2D eigenvalue weighted by Gasteiger charge is 2.05. The Kier molecular flexibility index (Phi) is 2.84. The molecule has 3 aromatic rings. The molecule has 0 aliphatic carbocycles. The molecule has 4 heteroatoms. The normalized spacial score (nSPS) is 11.2. The van der Waals surface area contributed by atoms with Gasteiger partial charge in [-0.3, -0.25) is 0 Å². The first-order valence-electron chi connectivity index (χ1n) is 6.01. The van der Waals surface area contributed by atoms with Gasteiger partial charge in [-0.15, -0.1) is 0 Å². The van der Waals surface area contributed by atoms with E-state index in [9.17, 15) is 0 Å².